The van der Waals surface area contributed by atoms with E-state index in [1.165, 1.54) is 0 Å². The third kappa shape index (κ3) is 2.97. The Labute approximate surface area is 167 Å². The zero-order valence-electron chi connectivity index (χ0n) is 15.2. The molecule has 0 saturated carbocycles. The number of likely N-dealkylation sites (tertiary alicyclic amines) is 1. The van der Waals surface area contributed by atoms with E-state index < -0.39 is 10.0 Å². The van der Waals surface area contributed by atoms with Gasteiger partial charge in [-0.05, 0) is 36.3 Å². The first kappa shape index (κ1) is 17.9. The lowest BCUT2D eigenvalue weighted by Gasteiger charge is -2.27. The summed E-state index contributed by atoms with van der Waals surface area (Å²) in [6.07, 6.45) is 2.69. The third-order valence-corrected chi connectivity index (χ3v) is 7.88. The molecule has 1 aromatic carbocycles. The number of aromatic nitrogens is 2. The lowest BCUT2D eigenvalue weighted by atomic mass is 10.1. The average molecular weight is 417 g/mol. The minimum absolute atomic E-state index is 0.00122. The molecule has 0 aliphatic carbocycles. The number of rotatable bonds is 2. The molecule has 1 atom stereocenters. The number of benzene rings is 1. The van der Waals surface area contributed by atoms with Gasteiger partial charge in [0, 0.05) is 30.3 Å². The van der Waals surface area contributed by atoms with Crippen LogP contribution in [0.3, 0.4) is 0 Å². The third-order valence-electron chi connectivity index (χ3n) is 5.55. The van der Waals surface area contributed by atoms with Crippen LogP contribution in [0.25, 0.3) is 0 Å². The molecule has 0 spiro atoms. The zero-order valence-corrected chi connectivity index (χ0v) is 16.9. The van der Waals surface area contributed by atoms with E-state index in [0.717, 1.165) is 48.6 Å². The summed E-state index contributed by atoms with van der Waals surface area (Å²) in [7, 11) is -3.65. The molecule has 9 heteroatoms. The van der Waals surface area contributed by atoms with Crippen LogP contribution >= 0.6 is 11.8 Å². The quantitative estimate of drug-likeness (QED) is 0.740. The van der Waals surface area contributed by atoms with Crippen LogP contribution in [0, 0.1) is 0 Å². The topological polar surface area (TPSA) is 84.6 Å². The van der Waals surface area contributed by atoms with E-state index in [9.17, 15) is 13.2 Å². The van der Waals surface area contributed by atoms with Crippen molar-refractivity contribution in [1.29, 1.82) is 0 Å². The number of hydrogen-bond donors (Lipinski definition) is 0. The largest absolute Gasteiger partial charge is 0.351 e. The molecule has 0 radical (unpaired) electrons. The molecule has 0 amide bonds. The van der Waals surface area contributed by atoms with Gasteiger partial charge in [-0.15, -0.1) is 4.40 Å². The molecule has 3 aliphatic rings. The Balaban J connectivity index is 1.47. The maximum Gasteiger partial charge on any atom is 0.285 e. The minimum atomic E-state index is -3.65. The number of aryl methyl sites for hydroxylation is 1. The van der Waals surface area contributed by atoms with Crippen molar-refractivity contribution in [2.24, 2.45) is 4.40 Å². The molecular formula is C19H20N4O3S2. The number of fused-ring (bicyclic) bond motifs is 2. The molecule has 5 rings (SSSR count). The molecule has 2 aromatic rings. The molecule has 4 heterocycles. The van der Waals surface area contributed by atoms with Gasteiger partial charge in [-0.1, -0.05) is 12.1 Å². The lowest BCUT2D eigenvalue weighted by molar-refractivity contribution is 0.329. The monoisotopic (exact) mass is 416 g/mol. The van der Waals surface area contributed by atoms with Crippen molar-refractivity contribution in [1.82, 2.24) is 14.7 Å². The number of nitrogens with zero attached hydrogens (tertiary/aromatic N) is 4. The standard InChI is InChI=1S/C19H20N4O3S2/c24-18-10-13-12-27-9-7-16(13)20-23(18)11-14-4-3-8-22(14)19-15-5-1-2-6-17(15)28(25,26)21-19/h1-2,5-6,10,14H,3-4,7-9,11-12H2. The molecule has 1 saturated heterocycles. The van der Waals surface area contributed by atoms with Crippen LogP contribution in [-0.2, 0) is 28.7 Å². The summed E-state index contributed by atoms with van der Waals surface area (Å²) in [4.78, 5) is 14.9. The van der Waals surface area contributed by atoms with Gasteiger partial charge in [0.2, 0.25) is 0 Å². The van der Waals surface area contributed by atoms with Crippen molar-refractivity contribution in [3.63, 3.8) is 0 Å². The van der Waals surface area contributed by atoms with Crippen molar-refractivity contribution in [3.8, 4) is 0 Å². The molecule has 0 N–H and O–H groups in total. The molecule has 7 nitrogen and oxygen atoms in total. The predicted octanol–water partition coefficient (Wildman–Crippen LogP) is 1.65. The first-order valence-corrected chi connectivity index (χ1v) is 12.0. The summed E-state index contributed by atoms with van der Waals surface area (Å²) in [5.74, 6) is 2.37. The first-order chi connectivity index (χ1) is 13.5. The van der Waals surface area contributed by atoms with E-state index in [0.29, 0.717) is 17.9 Å². The highest BCUT2D eigenvalue weighted by Crippen LogP contribution is 2.31. The lowest BCUT2D eigenvalue weighted by Crippen LogP contribution is -2.41. The number of sulfonamides is 1. The first-order valence-electron chi connectivity index (χ1n) is 9.41. The smallest absolute Gasteiger partial charge is 0.285 e. The van der Waals surface area contributed by atoms with Crippen LogP contribution in [0.1, 0.15) is 29.7 Å². The van der Waals surface area contributed by atoms with Crippen molar-refractivity contribution in [3.05, 3.63) is 57.5 Å². The van der Waals surface area contributed by atoms with Crippen LogP contribution in [-0.4, -0.2) is 47.3 Å². The second kappa shape index (κ2) is 6.73. The number of hydrogen-bond acceptors (Lipinski definition) is 6. The van der Waals surface area contributed by atoms with Gasteiger partial charge in [-0.3, -0.25) is 4.79 Å². The highest BCUT2D eigenvalue weighted by atomic mass is 32.2. The van der Waals surface area contributed by atoms with Crippen molar-refractivity contribution >= 4 is 27.6 Å². The molecule has 28 heavy (non-hydrogen) atoms. The van der Waals surface area contributed by atoms with Crippen molar-refractivity contribution in [2.75, 3.05) is 12.3 Å². The Morgan fingerprint density at radius 1 is 1.25 bits per heavy atom. The molecule has 3 aliphatic heterocycles. The van der Waals surface area contributed by atoms with Crippen LogP contribution < -0.4 is 5.56 Å². The summed E-state index contributed by atoms with van der Waals surface area (Å²) >= 11 is 1.83. The van der Waals surface area contributed by atoms with Crippen molar-refractivity contribution < 1.29 is 8.42 Å². The van der Waals surface area contributed by atoms with Crippen LogP contribution in [0.15, 0.2) is 44.4 Å². The van der Waals surface area contributed by atoms with Gasteiger partial charge in [-0.25, -0.2) is 4.68 Å². The second-order valence-corrected chi connectivity index (χ2v) is 9.99. The molecular weight excluding hydrogens is 396 g/mol. The van der Waals surface area contributed by atoms with Crippen LogP contribution in [0.2, 0.25) is 0 Å². The van der Waals surface area contributed by atoms with E-state index in [4.69, 9.17) is 0 Å². The van der Waals surface area contributed by atoms with E-state index >= 15 is 0 Å². The van der Waals surface area contributed by atoms with E-state index in [1.54, 1.807) is 28.9 Å². The minimum Gasteiger partial charge on any atom is -0.351 e. The summed E-state index contributed by atoms with van der Waals surface area (Å²) in [6.45, 7) is 1.17. The summed E-state index contributed by atoms with van der Waals surface area (Å²) in [6, 6.07) is 8.65. The highest BCUT2D eigenvalue weighted by Gasteiger charge is 2.36. The Hall–Kier alpha value is -2.13. The van der Waals surface area contributed by atoms with Gasteiger partial charge >= 0.3 is 0 Å². The Morgan fingerprint density at radius 2 is 2.11 bits per heavy atom. The summed E-state index contributed by atoms with van der Waals surface area (Å²) in [5, 5.41) is 4.62. The Bertz CT molecular complexity index is 1140. The molecule has 1 fully saturated rings. The van der Waals surface area contributed by atoms with E-state index in [2.05, 4.69) is 9.50 Å². The molecule has 146 valence electrons. The number of amidine groups is 1. The molecule has 1 aromatic heterocycles. The number of thioether (sulfide) groups is 1. The molecule has 0 bridgehead atoms. The molecule has 1 unspecified atom stereocenters. The fraction of sp³-hybridized carbons (Fsp3) is 0.421. The van der Waals surface area contributed by atoms with Crippen molar-refractivity contribution in [2.45, 2.75) is 42.5 Å². The Morgan fingerprint density at radius 3 is 3.00 bits per heavy atom. The van der Waals surface area contributed by atoms with E-state index in [-0.39, 0.29) is 16.5 Å². The normalized spacial score (nSPS) is 22.6. The average Bonchev–Trinajstić information content (AvgIpc) is 3.24. The van der Waals surface area contributed by atoms with Gasteiger partial charge < -0.3 is 4.90 Å². The van der Waals surface area contributed by atoms with Crippen LogP contribution in [0.4, 0.5) is 0 Å². The fourth-order valence-corrected chi connectivity index (χ4v) is 6.35. The second-order valence-electron chi connectivity index (χ2n) is 7.31. The van der Waals surface area contributed by atoms with Gasteiger partial charge in [0.1, 0.15) is 4.90 Å². The fourth-order valence-electron chi connectivity index (χ4n) is 4.18. The van der Waals surface area contributed by atoms with Gasteiger partial charge in [0.05, 0.1) is 18.3 Å². The predicted molar refractivity (Wildman–Crippen MR) is 108 cm³/mol. The van der Waals surface area contributed by atoms with Gasteiger partial charge in [0.15, 0.2) is 5.84 Å². The van der Waals surface area contributed by atoms with Crippen LogP contribution in [0.5, 0.6) is 0 Å². The summed E-state index contributed by atoms with van der Waals surface area (Å²) in [5.41, 5.74) is 2.61. The SMILES string of the molecule is O=c1cc2c(nn1CC1CCCN1C1=NS(=O)(=O)c3ccccc31)CCSC2. The maximum atomic E-state index is 12.6. The van der Waals surface area contributed by atoms with Gasteiger partial charge in [-0.2, -0.15) is 25.3 Å². The maximum absolute atomic E-state index is 12.6. The highest BCUT2D eigenvalue weighted by molar-refractivity contribution is 7.98. The summed E-state index contributed by atoms with van der Waals surface area (Å²) < 4.78 is 30.4. The Kier molecular flexibility index (Phi) is 4.31. The zero-order chi connectivity index (χ0) is 19.3. The van der Waals surface area contributed by atoms with Gasteiger partial charge in [0.25, 0.3) is 15.6 Å². The van der Waals surface area contributed by atoms with E-state index in [1.807, 2.05) is 22.7 Å².